The van der Waals surface area contributed by atoms with Gasteiger partial charge in [0.25, 0.3) is 0 Å². The number of ether oxygens (including phenoxy) is 1. The molecule has 0 bridgehead atoms. The maximum atomic E-state index is 13.7. The molecule has 0 spiro atoms. The van der Waals surface area contributed by atoms with Crippen LogP contribution in [0.5, 0.6) is 5.75 Å². The minimum atomic E-state index is -0.309. The number of rotatable bonds is 7. The van der Waals surface area contributed by atoms with Gasteiger partial charge >= 0.3 is 0 Å². The number of thioether (sulfide) groups is 1. The van der Waals surface area contributed by atoms with Crippen molar-refractivity contribution in [1.29, 1.82) is 0 Å². The van der Waals surface area contributed by atoms with Gasteiger partial charge in [-0.25, -0.2) is 9.37 Å². The Morgan fingerprint density at radius 3 is 2.65 bits per heavy atom. The fourth-order valence-electron chi connectivity index (χ4n) is 2.01. The molecule has 4 nitrogen and oxygen atoms in total. The lowest BCUT2D eigenvalue weighted by Crippen LogP contribution is -1.98. The van der Waals surface area contributed by atoms with Gasteiger partial charge in [-0.1, -0.05) is 42.1 Å². The van der Waals surface area contributed by atoms with Crippen molar-refractivity contribution < 1.29 is 9.13 Å². The van der Waals surface area contributed by atoms with Crippen molar-refractivity contribution in [2.24, 2.45) is 0 Å². The molecule has 0 aliphatic rings. The van der Waals surface area contributed by atoms with Crippen LogP contribution in [-0.4, -0.2) is 27.5 Å². The Kier molecular flexibility index (Phi) is 5.26. The van der Waals surface area contributed by atoms with Gasteiger partial charge in [-0.05, 0) is 30.7 Å². The van der Waals surface area contributed by atoms with Crippen LogP contribution in [0.25, 0.3) is 11.4 Å². The number of nitrogens with one attached hydrogen (secondary N) is 1. The van der Waals surface area contributed by atoms with Crippen molar-refractivity contribution in [3.63, 3.8) is 0 Å². The molecule has 1 aromatic heterocycles. The first-order valence-corrected chi connectivity index (χ1v) is 8.29. The molecule has 1 N–H and O–H groups in total. The fourth-order valence-corrected chi connectivity index (χ4v) is 2.72. The second-order valence-corrected chi connectivity index (χ2v) is 5.87. The first-order valence-electron chi connectivity index (χ1n) is 7.31. The summed E-state index contributed by atoms with van der Waals surface area (Å²) in [5.74, 6) is 1.85. The Morgan fingerprint density at radius 1 is 1.04 bits per heavy atom. The number of hydrogen-bond donors (Lipinski definition) is 1. The quantitative estimate of drug-likeness (QED) is 0.522. The Morgan fingerprint density at radius 2 is 1.83 bits per heavy atom. The Bertz CT molecular complexity index is 748. The van der Waals surface area contributed by atoms with Gasteiger partial charge in [0, 0.05) is 5.75 Å². The van der Waals surface area contributed by atoms with E-state index in [9.17, 15) is 4.39 Å². The van der Waals surface area contributed by atoms with Gasteiger partial charge in [-0.2, -0.15) is 0 Å². The van der Waals surface area contributed by atoms with Crippen molar-refractivity contribution in [2.45, 2.75) is 11.6 Å². The summed E-state index contributed by atoms with van der Waals surface area (Å²) in [6.07, 6.45) is 0.878. The number of halogens is 1. The number of para-hydroxylation sites is 1. The molecule has 0 fully saturated rings. The molecule has 0 saturated carbocycles. The van der Waals surface area contributed by atoms with Crippen LogP contribution >= 0.6 is 11.8 Å². The number of benzene rings is 2. The predicted molar refractivity (Wildman–Crippen MR) is 89.1 cm³/mol. The van der Waals surface area contributed by atoms with E-state index in [0.717, 1.165) is 17.9 Å². The highest BCUT2D eigenvalue weighted by molar-refractivity contribution is 7.99. The van der Waals surface area contributed by atoms with Crippen LogP contribution in [0.2, 0.25) is 0 Å². The normalized spacial score (nSPS) is 10.7. The van der Waals surface area contributed by atoms with Gasteiger partial charge in [-0.3, -0.25) is 5.10 Å². The summed E-state index contributed by atoms with van der Waals surface area (Å²) < 4.78 is 19.3. The average molecular weight is 329 g/mol. The first kappa shape index (κ1) is 15.6. The first-order chi connectivity index (χ1) is 11.3. The highest BCUT2D eigenvalue weighted by Gasteiger charge is 2.09. The molecule has 0 atom stereocenters. The molecule has 0 aliphatic heterocycles. The zero-order chi connectivity index (χ0) is 15.9. The van der Waals surface area contributed by atoms with Crippen LogP contribution in [0.1, 0.15) is 6.42 Å². The molecular formula is C17H16FN3OS. The third-order valence-corrected chi connectivity index (χ3v) is 4.06. The molecule has 0 unspecified atom stereocenters. The molecule has 23 heavy (non-hydrogen) atoms. The SMILES string of the molecule is Fc1ccccc1-c1nc(SCCCOc2ccccc2)n[nH]1. The van der Waals surface area contributed by atoms with E-state index in [1.807, 2.05) is 30.3 Å². The van der Waals surface area contributed by atoms with Crippen molar-refractivity contribution in [2.75, 3.05) is 12.4 Å². The number of H-pyrrole nitrogens is 1. The lowest BCUT2D eigenvalue weighted by atomic mass is 10.2. The van der Waals surface area contributed by atoms with E-state index < -0.39 is 0 Å². The smallest absolute Gasteiger partial charge is 0.208 e. The Hall–Kier alpha value is -2.34. The van der Waals surface area contributed by atoms with E-state index in [1.165, 1.54) is 17.8 Å². The molecule has 6 heteroatoms. The van der Waals surface area contributed by atoms with Crippen LogP contribution < -0.4 is 4.74 Å². The van der Waals surface area contributed by atoms with E-state index in [4.69, 9.17) is 4.74 Å². The maximum Gasteiger partial charge on any atom is 0.208 e. The summed E-state index contributed by atoms with van der Waals surface area (Å²) in [4.78, 5) is 4.31. The van der Waals surface area contributed by atoms with Crippen LogP contribution in [0, 0.1) is 5.82 Å². The highest BCUT2D eigenvalue weighted by Crippen LogP contribution is 2.21. The lowest BCUT2D eigenvalue weighted by Gasteiger charge is -2.04. The van der Waals surface area contributed by atoms with E-state index in [-0.39, 0.29) is 5.82 Å². The van der Waals surface area contributed by atoms with Crippen LogP contribution in [-0.2, 0) is 0 Å². The minimum absolute atomic E-state index is 0.309. The summed E-state index contributed by atoms with van der Waals surface area (Å²) in [6.45, 7) is 0.640. The number of hydrogen-bond acceptors (Lipinski definition) is 4. The van der Waals surface area contributed by atoms with E-state index >= 15 is 0 Å². The van der Waals surface area contributed by atoms with Crippen LogP contribution in [0.3, 0.4) is 0 Å². The minimum Gasteiger partial charge on any atom is -0.494 e. The van der Waals surface area contributed by atoms with Gasteiger partial charge in [0.2, 0.25) is 5.16 Å². The molecule has 118 valence electrons. The Labute approximate surface area is 138 Å². The van der Waals surface area contributed by atoms with Crippen molar-refractivity contribution in [3.05, 3.63) is 60.4 Å². The zero-order valence-electron chi connectivity index (χ0n) is 12.4. The predicted octanol–water partition coefficient (Wildman–Crippen LogP) is 4.17. The molecule has 0 radical (unpaired) electrons. The van der Waals surface area contributed by atoms with Gasteiger partial charge in [0.05, 0.1) is 12.2 Å². The van der Waals surface area contributed by atoms with Crippen molar-refractivity contribution in [3.8, 4) is 17.1 Å². The standard InChI is InChI=1S/C17H16FN3OS/c18-15-10-5-4-9-14(15)16-19-17(21-20-16)23-12-6-11-22-13-7-2-1-3-8-13/h1-5,7-10H,6,11-12H2,(H,19,20,21). The summed E-state index contributed by atoms with van der Waals surface area (Å²) in [7, 11) is 0. The number of nitrogens with zero attached hydrogens (tertiary/aromatic N) is 2. The third-order valence-electron chi connectivity index (χ3n) is 3.13. The lowest BCUT2D eigenvalue weighted by molar-refractivity contribution is 0.318. The summed E-state index contributed by atoms with van der Waals surface area (Å²) in [6, 6.07) is 16.2. The number of aromatic nitrogens is 3. The number of aromatic amines is 1. The molecule has 2 aromatic carbocycles. The Balaban J connectivity index is 1.46. The topological polar surface area (TPSA) is 50.8 Å². The summed E-state index contributed by atoms with van der Waals surface area (Å²) >= 11 is 1.52. The highest BCUT2D eigenvalue weighted by atomic mass is 32.2. The molecule has 0 amide bonds. The molecule has 3 rings (SSSR count). The summed E-state index contributed by atoms with van der Waals surface area (Å²) in [5.41, 5.74) is 0.430. The van der Waals surface area contributed by atoms with Crippen LogP contribution in [0.15, 0.2) is 59.8 Å². The van der Waals surface area contributed by atoms with Gasteiger partial charge in [0.1, 0.15) is 11.6 Å². The van der Waals surface area contributed by atoms with Crippen molar-refractivity contribution >= 4 is 11.8 Å². The molecule has 3 aromatic rings. The molecule has 0 aliphatic carbocycles. The second kappa shape index (κ2) is 7.78. The molecular weight excluding hydrogens is 313 g/mol. The summed E-state index contributed by atoms with van der Waals surface area (Å²) in [5, 5.41) is 7.50. The van der Waals surface area contributed by atoms with Gasteiger partial charge < -0.3 is 4.74 Å². The monoisotopic (exact) mass is 329 g/mol. The van der Waals surface area contributed by atoms with Gasteiger partial charge in [-0.15, -0.1) is 5.10 Å². The molecule has 0 saturated heterocycles. The average Bonchev–Trinajstić information content (AvgIpc) is 3.04. The third kappa shape index (κ3) is 4.32. The van der Waals surface area contributed by atoms with E-state index in [2.05, 4.69) is 15.2 Å². The maximum absolute atomic E-state index is 13.7. The molecule has 1 heterocycles. The van der Waals surface area contributed by atoms with E-state index in [0.29, 0.717) is 23.2 Å². The largest absolute Gasteiger partial charge is 0.494 e. The fraction of sp³-hybridized carbons (Fsp3) is 0.176. The van der Waals surface area contributed by atoms with Crippen molar-refractivity contribution in [1.82, 2.24) is 15.2 Å². The van der Waals surface area contributed by atoms with Gasteiger partial charge in [0.15, 0.2) is 5.82 Å². The van der Waals surface area contributed by atoms with E-state index in [1.54, 1.807) is 18.2 Å². The second-order valence-electron chi connectivity index (χ2n) is 4.81. The van der Waals surface area contributed by atoms with Crippen LogP contribution in [0.4, 0.5) is 4.39 Å². The zero-order valence-corrected chi connectivity index (χ0v) is 13.2.